The number of aliphatic hydroxyl groups excluding tert-OH is 1. The van der Waals surface area contributed by atoms with Gasteiger partial charge in [0.25, 0.3) is 0 Å². The van der Waals surface area contributed by atoms with Gasteiger partial charge < -0.3 is 47.7 Å². The van der Waals surface area contributed by atoms with E-state index < -0.39 is 73.2 Å². The molecule has 0 unspecified atom stereocenters. The van der Waals surface area contributed by atoms with E-state index in [1.54, 1.807) is 31.4 Å². The third-order valence-corrected chi connectivity index (χ3v) is 9.39. The van der Waals surface area contributed by atoms with E-state index in [1.807, 2.05) is 81.4 Å². The van der Waals surface area contributed by atoms with E-state index in [2.05, 4.69) is 6.07 Å². The maximum Gasteiger partial charge on any atom is 0.310 e. The molecule has 3 aliphatic rings. The molecule has 6 rings (SSSR count). The Bertz CT molecular complexity index is 1630. The number of methoxy groups -OCH3 is 1. The molecule has 3 fully saturated rings. The number of ether oxygens (including phenoxy) is 9. The average molecular weight is 718 g/mol. The maximum absolute atomic E-state index is 13.5. The predicted molar refractivity (Wildman–Crippen MR) is 185 cm³/mol. The minimum Gasteiger partial charge on any atom is -0.456 e. The Morgan fingerprint density at radius 2 is 1.50 bits per heavy atom. The summed E-state index contributed by atoms with van der Waals surface area (Å²) in [6, 6.07) is 28.2. The normalized spacial score (nSPS) is 31.0. The van der Waals surface area contributed by atoms with Crippen molar-refractivity contribution in [3.05, 3.63) is 107 Å². The lowest BCUT2D eigenvalue weighted by Crippen LogP contribution is -2.64. The molecule has 0 aliphatic carbocycles. The van der Waals surface area contributed by atoms with Crippen molar-refractivity contribution in [2.24, 2.45) is 0 Å². The van der Waals surface area contributed by atoms with Crippen molar-refractivity contribution in [2.75, 3.05) is 13.7 Å². The Balaban J connectivity index is 1.26. The minimum atomic E-state index is -1.38. The van der Waals surface area contributed by atoms with Crippen LogP contribution in [0.4, 0.5) is 0 Å². The lowest BCUT2D eigenvalue weighted by atomic mass is 9.95. The van der Waals surface area contributed by atoms with E-state index in [1.165, 1.54) is 0 Å². The van der Waals surface area contributed by atoms with Gasteiger partial charge in [-0.05, 0) is 43.5 Å². The third kappa shape index (κ3) is 9.24. The Kier molecular flexibility index (Phi) is 12.7. The zero-order valence-electron chi connectivity index (χ0n) is 29.9. The maximum atomic E-state index is 13.5. The molecule has 12 heteroatoms. The number of esters is 1. The van der Waals surface area contributed by atoms with Crippen LogP contribution in [0.25, 0.3) is 0 Å². The van der Waals surface area contributed by atoms with Crippen LogP contribution in [0.15, 0.2) is 84.9 Å². The number of fused-ring (bicyclic) bond motifs is 1. The van der Waals surface area contributed by atoms with Crippen molar-refractivity contribution in [1.29, 1.82) is 5.26 Å². The van der Waals surface area contributed by atoms with Crippen molar-refractivity contribution < 1.29 is 52.5 Å². The van der Waals surface area contributed by atoms with Crippen molar-refractivity contribution in [3.8, 4) is 6.07 Å². The largest absolute Gasteiger partial charge is 0.456 e. The Morgan fingerprint density at radius 3 is 2.19 bits per heavy atom. The highest BCUT2D eigenvalue weighted by Crippen LogP contribution is 2.40. The lowest BCUT2D eigenvalue weighted by Gasteiger charge is -2.47. The van der Waals surface area contributed by atoms with Gasteiger partial charge in [0.2, 0.25) is 0 Å². The van der Waals surface area contributed by atoms with Crippen LogP contribution in [0.2, 0.25) is 0 Å². The monoisotopic (exact) mass is 717 g/mol. The molecule has 0 saturated carbocycles. The summed E-state index contributed by atoms with van der Waals surface area (Å²) in [5.41, 5.74) is 2.73. The zero-order valence-corrected chi connectivity index (χ0v) is 29.9. The first-order chi connectivity index (χ1) is 25.2. The topological polar surface area (TPSA) is 144 Å². The second-order valence-electron chi connectivity index (χ2n) is 13.6. The molecule has 278 valence electrons. The number of rotatable bonds is 14. The molecule has 3 aromatic carbocycles. The smallest absolute Gasteiger partial charge is 0.310 e. The standard InChI is InChI=1S/C40H47NO11/c1-25-33(36-37(38(44-4)47-25)52-40(2,3)51-36)50-39-35(46-24-27-15-9-6-10-16-27)32(43)34(49-31(42)21-28-17-11-12-18-29(28)22-41)30(48-39)19-20-45-23-26-13-7-5-8-14-26/h5-18,25,30,32-39,43H,19-21,23-24H2,1-4H3/t25-,30+,32-,33-,34+,35-,36+,37+,38+,39-/m0/s1. The molecule has 0 radical (unpaired) electrons. The summed E-state index contributed by atoms with van der Waals surface area (Å²) in [4.78, 5) is 13.5. The van der Waals surface area contributed by atoms with Crippen LogP contribution >= 0.6 is 0 Å². The highest BCUT2D eigenvalue weighted by molar-refractivity contribution is 5.73. The Morgan fingerprint density at radius 1 is 0.846 bits per heavy atom. The van der Waals surface area contributed by atoms with Gasteiger partial charge in [-0.25, -0.2) is 0 Å². The predicted octanol–water partition coefficient (Wildman–Crippen LogP) is 4.59. The van der Waals surface area contributed by atoms with E-state index in [9.17, 15) is 15.2 Å². The van der Waals surface area contributed by atoms with Crippen molar-refractivity contribution in [3.63, 3.8) is 0 Å². The van der Waals surface area contributed by atoms with Crippen LogP contribution in [0.3, 0.4) is 0 Å². The number of hydrogen-bond acceptors (Lipinski definition) is 12. The first-order valence-corrected chi connectivity index (χ1v) is 17.6. The summed E-state index contributed by atoms with van der Waals surface area (Å²) in [6.45, 7) is 6.18. The molecule has 0 aromatic heterocycles. The highest BCUT2D eigenvalue weighted by Gasteiger charge is 2.57. The fraction of sp³-hybridized carbons (Fsp3) is 0.500. The average Bonchev–Trinajstić information content (AvgIpc) is 3.48. The summed E-state index contributed by atoms with van der Waals surface area (Å²) in [5, 5.41) is 21.7. The van der Waals surface area contributed by atoms with Gasteiger partial charge in [0, 0.05) is 20.1 Å². The van der Waals surface area contributed by atoms with E-state index in [0.717, 1.165) is 11.1 Å². The second-order valence-corrected chi connectivity index (χ2v) is 13.6. The molecule has 0 spiro atoms. The van der Waals surface area contributed by atoms with Gasteiger partial charge in [-0.1, -0.05) is 78.9 Å². The molecule has 10 atom stereocenters. The minimum absolute atomic E-state index is 0.119. The number of benzene rings is 3. The van der Waals surface area contributed by atoms with Gasteiger partial charge >= 0.3 is 5.97 Å². The van der Waals surface area contributed by atoms with Crippen LogP contribution in [0, 0.1) is 11.3 Å². The first kappa shape index (κ1) is 38.0. The summed E-state index contributed by atoms with van der Waals surface area (Å²) in [7, 11) is 1.54. The number of carbonyl (C=O) groups excluding carboxylic acids is 1. The van der Waals surface area contributed by atoms with E-state index in [-0.39, 0.29) is 26.1 Å². The molecule has 0 bridgehead atoms. The molecular formula is C40H47NO11. The van der Waals surface area contributed by atoms with Crippen LogP contribution in [0.5, 0.6) is 0 Å². The molecule has 52 heavy (non-hydrogen) atoms. The van der Waals surface area contributed by atoms with Crippen molar-refractivity contribution in [1.82, 2.24) is 0 Å². The van der Waals surface area contributed by atoms with E-state index in [0.29, 0.717) is 17.7 Å². The van der Waals surface area contributed by atoms with E-state index >= 15 is 0 Å². The van der Waals surface area contributed by atoms with Crippen LogP contribution in [-0.2, 0) is 67.1 Å². The number of nitriles is 1. The third-order valence-electron chi connectivity index (χ3n) is 9.39. The first-order valence-electron chi connectivity index (χ1n) is 17.6. The molecule has 3 aromatic rings. The van der Waals surface area contributed by atoms with Crippen molar-refractivity contribution >= 4 is 5.97 Å². The number of carbonyl (C=O) groups is 1. The number of hydrogen-bond donors (Lipinski definition) is 1. The SMILES string of the molecule is CO[C@@H]1O[C@@H](C)[C@H](O[C@@H]2O[C@H](CCOCc3ccccc3)[C@@H](OC(=O)Cc3ccccc3C#N)[C@H](O)[C@@H]2OCc2ccccc2)[C@H]2OC(C)(C)O[C@@H]12. The van der Waals surface area contributed by atoms with Gasteiger partial charge in [-0.2, -0.15) is 5.26 Å². The second kappa shape index (κ2) is 17.4. The summed E-state index contributed by atoms with van der Waals surface area (Å²) in [5.74, 6) is -1.56. The summed E-state index contributed by atoms with van der Waals surface area (Å²) in [6.07, 6.45) is -8.67. The quantitative estimate of drug-likeness (QED) is 0.184. The van der Waals surface area contributed by atoms with Crippen LogP contribution in [0.1, 0.15) is 49.4 Å². The van der Waals surface area contributed by atoms with Crippen molar-refractivity contribution in [2.45, 2.75) is 114 Å². The Hall–Kier alpha value is -3.74. The molecular weight excluding hydrogens is 670 g/mol. The van der Waals surface area contributed by atoms with Crippen LogP contribution in [-0.4, -0.2) is 92.0 Å². The molecule has 3 aliphatic heterocycles. The van der Waals surface area contributed by atoms with Gasteiger partial charge in [0.1, 0.15) is 36.6 Å². The summed E-state index contributed by atoms with van der Waals surface area (Å²) >= 11 is 0. The van der Waals surface area contributed by atoms with E-state index in [4.69, 9.17) is 42.6 Å². The number of nitrogens with zero attached hydrogens (tertiary/aromatic N) is 1. The van der Waals surface area contributed by atoms with Gasteiger partial charge in [0.15, 0.2) is 24.5 Å². The number of aliphatic hydroxyl groups is 1. The highest BCUT2D eigenvalue weighted by atomic mass is 16.8. The van der Waals surface area contributed by atoms with Gasteiger partial charge in [-0.3, -0.25) is 4.79 Å². The molecule has 12 nitrogen and oxygen atoms in total. The fourth-order valence-electron chi connectivity index (χ4n) is 6.87. The molecule has 1 N–H and O–H groups in total. The Labute approximate surface area is 304 Å². The van der Waals surface area contributed by atoms with Gasteiger partial charge in [0.05, 0.1) is 37.4 Å². The fourth-order valence-corrected chi connectivity index (χ4v) is 6.87. The lowest BCUT2D eigenvalue weighted by molar-refractivity contribution is -0.349. The molecule has 3 saturated heterocycles. The van der Waals surface area contributed by atoms with Crippen LogP contribution < -0.4 is 0 Å². The zero-order chi connectivity index (χ0) is 36.7. The van der Waals surface area contributed by atoms with Gasteiger partial charge in [-0.15, -0.1) is 0 Å². The molecule has 3 heterocycles. The summed E-state index contributed by atoms with van der Waals surface area (Å²) < 4.78 is 55.9. The molecule has 0 amide bonds.